The Morgan fingerprint density at radius 3 is 2.54 bits per heavy atom. The van der Waals surface area contributed by atoms with Crippen LogP contribution in [0.3, 0.4) is 0 Å². The quantitative estimate of drug-likeness (QED) is 0.346. The molecular formula is C38H52ClN3O5S. The predicted octanol–water partition coefficient (Wildman–Crippen LogP) is 7.00. The number of hydrogen-bond donors (Lipinski definition) is 1. The van der Waals surface area contributed by atoms with Crippen molar-refractivity contribution in [3.8, 4) is 5.75 Å². The highest BCUT2D eigenvalue weighted by Gasteiger charge is 2.48. The molecule has 0 aromatic heterocycles. The number of fused-ring (bicyclic) bond motifs is 3. The molecule has 0 spiro atoms. The Kier molecular flexibility index (Phi) is 11.1. The van der Waals surface area contributed by atoms with Gasteiger partial charge in [0, 0.05) is 37.3 Å². The molecule has 5 atom stereocenters. The average molecular weight is 698 g/mol. The zero-order valence-electron chi connectivity index (χ0n) is 28.8. The maximum Gasteiger partial charge on any atom is 0.264 e. The van der Waals surface area contributed by atoms with Crippen LogP contribution >= 0.6 is 11.6 Å². The lowest BCUT2D eigenvalue weighted by Gasteiger charge is -2.51. The molecule has 6 rings (SSSR count). The van der Waals surface area contributed by atoms with Crippen molar-refractivity contribution in [2.24, 2.45) is 17.8 Å². The zero-order valence-corrected chi connectivity index (χ0v) is 30.3. The molecule has 3 heterocycles. The number of sulfonamides is 1. The maximum absolute atomic E-state index is 13.5. The van der Waals surface area contributed by atoms with Gasteiger partial charge in [-0.05, 0) is 131 Å². The molecule has 0 unspecified atom stereocenters. The van der Waals surface area contributed by atoms with Gasteiger partial charge in [-0.2, -0.15) is 0 Å². The maximum atomic E-state index is 13.5. The van der Waals surface area contributed by atoms with Gasteiger partial charge in [0.25, 0.3) is 5.91 Å². The Balaban J connectivity index is 1.40. The van der Waals surface area contributed by atoms with Crippen LogP contribution in [0, 0.1) is 17.8 Å². The second kappa shape index (κ2) is 15.1. The topological polar surface area (TPSA) is 88.2 Å². The minimum Gasteiger partial charge on any atom is -0.487 e. The van der Waals surface area contributed by atoms with Gasteiger partial charge in [0.15, 0.2) is 0 Å². The molecule has 2 fully saturated rings. The molecule has 0 radical (unpaired) electrons. The first-order valence-corrected chi connectivity index (χ1v) is 19.8. The predicted molar refractivity (Wildman–Crippen MR) is 192 cm³/mol. The van der Waals surface area contributed by atoms with Gasteiger partial charge in [0.1, 0.15) is 18.0 Å². The lowest BCUT2D eigenvalue weighted by Crippen LogP contribution is -2.56. The summed E-state index contributed by atoms with van der Waals surface area (Å²) in [5.41, 5.74) is 2.95. The molecule has 4 aliphatic rings. The van der Waals surface area contributed by atoms with Crippen LogP contribution < -0.4 is 14.4 Å². The van der Waals surface area contributed by atoms with E-state index in [0.29, 0.717) is 36.2 Å². The van der Waals surface area contributed by atoms with Gasteiger partial charge < -0.3 is 19.3 Å². The highest BCUT2D eigenvalue weighted by atomic mass is 35.5. The normalized spacial score (nSPS) is 30.8. The van der Waals surface area contributed by atoms with Crippen molar-refractivity contribution < 1.29 is 22.7 Å². The molecule has 48 heavy (non-hydrogen) atoms. The summed E-state index contributed by atoms with van der Waals surface area (Å²) in [5.74, 6) is 0.564. The molecule has 1 saturated heterocycles. The number of benzene rings is 2. The summed E-state index contributed by atoms with van der Waals surface area (Å²) in [4.78, 5) is 18.5. The van der Waals surface area contributed by atoms with E-state index >= 15 is 0 Å². The van der Waals surface area contributed by atoms with Crippen molar-refractivity contribution in [3.05, 3.63) is 70.3 Å². The number of ether oxygens (including phenoxy) is 2. The molecule has 2 aromatic carbocycles. The first-order chi connectivity index (χ1) is 23.1. The number of methoxy groups -OCH3 is 1. The molecule has 262 valence electrons. The average Bonchev–Trinajstić information content (AvgIpc) is 3.09. The Bertz CT molecular complexity index is 1590. The van der Waals surface area contributed by atoms with Crippen molar-refractivity contribution in [3.63, 3.8) is 0 Å². The molecule has 1 aliphatic carbocycles. The van der Waals surface area contributed by atoms with E-state index < -0.39 is 26.8 Å². The van der Waals surface area contributed by atoms with Crippen LogP contribution in [-0.4, -0.2) is 69.9 Å². The largest absolute Gasteiger partial charge is 0.487 e. The van der Waals surface area contributed by atoms with E-state index in [-0.39, 0.29) is 5.92 Å². The first kappa shape index (κ1) is 35.2. The number of nitrogens with one attached hydrogen (secondary N) is 1. The summed E-state index contributed by atoms with van der Waals surface area (Å²) in [6.07, 6.45) is 13.7. The first-order valence-electron chi connectivity index (χ1n) is 17.9. The van der Waals surface area contributed by atoms with Crippen molar-refractivity contribution in [1.29, 1.82) is 0 Å². The van der Waals surface area contributed by atoms with Crippen LogP contribution in [0.25, 0.3) is 0 Å². The molecule has 3 aliphatic heterocycles. The Morgan fingerprint density at radius 2 is 1.79 bits per heavy atom. The smallest absolute Gasteiger partial charge is 0.264 e. The van der Waals surface area contributed by atoms with Crippen LogP contribution in [-0.2, 0) is 27.8 Å². The lowest BCUT2D eigenvalue weighted by atomic mass is 9.63. The monoisotopic (exact) mass is 697 g/mol. The molecular weight excluding hydrogens is 646 g/mol. The minimum atomic E-state index is -3.93. The van der Waals surface area contributed by atoms with E-state index in [1.54, 1.807) is 13.0 Å². The van der Waals surface area contributed by atoms with Gasteiger partial charge in [-0.25, -0.2) is 13.1 Å². The third-order valence-electron chi connectivity index (χ3n) is 11.5. The molecule has 10 heteroatoms. The van der Waals surface area contributed by atoms with Crippen molar-refractivity contribution in [1.82, 2.24) is 9.62 Å². The summed E-state index contributed by atoms with van der Waals surface area (Å²) in [6.45, 7) is 8.59. The lowest BCUT2D eigenvalue weighted by molar-refractivity contribution is -0.0931. The summed E-state index contributed by atoms with van der Waals surface area (Å²) in [5, 5.41) is -0.0385. The second-order valence-corrected chi connectivity index (χ2v) is 17.0. The number of anilines is 1. The SMILES string of the molecule is CO[C@@]1(CN2CCCCC2)/C=C/C[C@H](C)[C@@H](C)S(=O)(=O)NC(=O)c2ccc3c(c2)N(CCCCc2cc(Cl)ccc2CO3)C[C@@H]2CC[C@H]21. The number of amides is 1. The van der Waals surface area contributed by atoms with Crippen molar-refractivity contribution in [2.75, 3.05) is 44.7 Å². The van der Waals surface area contributed by atoms with Crippen molar-refractivity contribution in [2.45, 2.75) is 89.1 Å². The fourth-order valence-electron chi connectivity index (χ4n) is 8.10. The van der Waals surface area contributed by atoms with E-state index in [1.807, 2.05) is 44.4 Å². The van der Waals surface area contributed by atoms with E-state index in [2.05, 4.69) is 26.7 Å². The van der Waals surface area contributed by atoms with E-state index in [0.717, 1.165) is 81.1 Å². The fourth-order valence-corrected chi connectivity index (χ4v) is 9.58. The number of likely N-dealkylation sites (tertiary alicyclic amines) is 1. The van der Waals surface area contributed by atoms with Crippen LogP contribution in [0.15, 0.2) is 48.6 Å². The number of rotatable bonds is 3. The Hall–Kier alpha value is -2.59. The standard InChI is InChI=1S/C38H52ClN3O5S/c1-27-10-9-18-38(46-3,26-41-19-6-4-7-20-41)34-16-13-31(34)24-42-21-8-5-11-29-22-33(39)15-12-32(29)25-47-36-17-14-30(23-35(36)42)37(43)40-48(44,45)28(27)2/h9,12,14-15,17-18,22-23,27-28,31,34H,4-8,10-11,13,16,19-21,24-26H2,1-3H3,(H,40,43)/b18-9+/t27-,28+,31-,34+,38+/m0/s1. The number of nitrogens with zero attached hydrogens (tertiary/aromatic N) is 2. The summed E-state index contributed by atoms with van der Waals surface area (Å²) >= 11 is 6.38. The third kappa shape index (κ3) is 7.74. The van der Waals surface area contributed by atoms with Crippen molar-refractivity contribution >= 4 is 33.2 Å². The Labute approximate surface area is 292 Å². The van der Waals surface area contributed by atoms with Gasteiger partial charge in [-0.15, -0.1) is 0 Å². The number of halogens is 1. The third-order valence-corrected chi connectivity index (χ3v) is 13.6. The van der Waals surface area contributed by atoms with Gasteiger partial charge in [-0.3, -0.25) is 4.79 Å². The zero-order chi connectivity index (χ0) is 33.9. The van der Waals surface area contributed by atoms with Crippen LogP contribution in [0.4, 0.5) is 5.69 Å². The van der Waals surface area contributed by atoms with Crippen LogP contribution in [0.5, 0.6) is 5.75 Å². The van der Waals surface area contributed by atoms with Crippen LogP contribution in [0.1, 0.15) is 86.7 Å². The van der Waals surface area contributed by atoms with E-state index in [4.69, 9.17) is 21.1 Å². The van der Waals surface area contributed by atoms with Gasteiger partial charge in [0.2, 0.25) is 10.0 Å². The molecule has 2 bridgehead atoms. The number of piperidine rings is 1. The highest BCUT2D eigenvalue weighted by Crippen LogP contribution is 2.47. The summed E-state index contributed by atoms with van der Waals surface area (Å²) < 4.78 is 42.5. The summed E-state index contributed by atoms with van der Waals surface area (Å²) in [6, 6.07) is 11.3. The van der Waals surface area contributed by atoms with Gasteiger partial charge >= 0.3 is 0 Å². The van der Waals surface area contributed by atoms with Gasteiger partial charge in [0.05, 0.1) is 10.9 Å². The molecule has 1 saturated carbocycles. The number of hydrogen-bond acceptors (Lipinski definition) is 7. The number of carbonyl (C=O) groups is 1. The van der Waals surface area contributed by atoms with Gasteiger partial charge in [-0.1, -0.05) is 43.2 Å². The van der Waals surface area contributed by atoms with Crippen LogP contribution in [0.2, 0.25) is 5.02 Å². The Morgan fingerprint density at radius 1 is 1.00 bits per heavy atom. The van der Waals surface area contributed by atoms with E-state index in [1.165, 1.54) is 24.8 Å². The summed E-state index contributed by atoms with van der Waals surface area (Å²) in [7, 11) is -2.08. The minimum absolute atomic E-state index is 0.199. The second-order valence-electron chi connectivity index (χ2n) is 14.5. The fraction of sp³-hybridized carbons (Fsp3) is 0.605. The molecule has 8 nitrogen and oxygen atoms in total. The molecule has 1 N–H and O–H groups in total. The number of aryl methyl sites for hydroxylation is 1. The highest BCUT2D eigenvalue weighted by molar-refractivity contribution is 7.90. The molecule has 2 aromatic rings. The van der Waals surface area contributed by atoms with E-state index in [9.17, 15) is 13.2 Å². The molecule has 1 amide bonds. The number of allylic oxidation sites excluding steroid dienone is 1. The number of carbonyl (C=O) groups excluding carboxylic acids is 1.